The lowest BCUT2D eigenvalue weighted by Crippen LogP contribution is -2.38. The standard InChI is InChI=1S/C10H19NO3/c1-9(8-13-2)14-10(12)11-6-4-3-5-7-11/h9H,3-8H2,1-2H3. The van der Waals surface area contributed by atoms with E-state index in [0.717, 1.165) is 25.9 Å². The molecule has 0 aliphatic carbocycles. The summed E-state index contributed by atoms with van der Waals surface area (Å²) in [6.45, 7) is 3.96. The van der Waals surface area contributed by atoms with Crippen LogP contribution in [0.4, 0.5) is 4.79 Å². The van der Waals surface area contributed by atoms with Gasteiger partial charge in [-0.1, -0.05) is 0 Å². The van der Waals surface area contributed by atoms with Gasteiger partial charge in [0, 0.05) is 20.2 Å². The zero-order chi connectivity index (χ0) is 10.4. The van der Waals surface area contributed by atoms with E-state index in [1.807, 2.05) is 6.92 Å². The summed E-state index contributed by atoms with van der Waals surface area (Å²) in [6, 6.07) is 0. The number of methoxy groups -OCH3 is 1. The summed E-state index contributed by atoms with van der Waals surface area (Å²) < 4.78 is 10.1. The van der Waals surface area contributed by atoms with Crippen molar-refractivity contribution >= 4 is 6.09 Å². The third-order valence-electron chi connectivity index (χ3n) is 2.32. The van der Waals surface area contributed by atoms with E-state index in [2.05, 4.69) is 0 Å². The molecule has 0 spiro atoms. The highest BCUT2D eigenvalue weighted by Gasteiger charge is 2.19. The Labute approximate surface area is 85.2 Å². The molecule has 1 unspecified atom stereocenters. The molecule has 14 heavy (non-hydrogen) atoms. The first-order chi connectivity index (χ1) is 6.74. The van der Waals surface area contributed by atoms with Gasteiger partial charge in [0.1, 0.15) is 6.10 Å². The summed E-state index contributed by atoms with van der Waals surface area (Å²) in [5, 5.41) is 0. The lowest BCUT2D eigenvalue weighted by molar-refractivity contribution is 0.0257. The molecule has 0 radical (unpaired) electrons. The van der Waals surface area contributed by atoms with Crippen molar-refractivity contribution in [2.45, 2.75) is 32.3 Å². The molecule has 1 aliphatic heterocycles. The van der Waals surface area contributed by atoms with Crippen LogP contribution in [0, 0.1) is 0 Å². The van der Waals surface area contributed by atoms with Crippen LogP contribution in [0.15, 0.2) is 0 Å². The molecule has 1 aliphatic rings. The maximum absolute atomic E-state index is 11.5. The predicted octanol–water partition coefficient (Wildman–Crippen LogP) is 1.64. The topological polar surface area (TPSA) is 38.8 Å². The second-order valence-electron chi connectivity index (χ2n) is 3.70. The highest BCUT2D eigenvalue weighted by molar-refractivity contribution is 5.67. The maximum atomic E-state index is 11.5. The molecule has 1 saturated heterocycles. The largest absolute Gasteiger partial charge is 0.444 e. The van der Waals surface area contributed by atoms with Gasteiger partial charge in [-0.15, -0.1) is 0 Å². The summed E-state index contributed by atoms with van der Waals surface area (Å²) in [5.41, 5.74) is 0. The van der Waals surface area contributed by atoms with Crippen LogP contribution in [0.1, 0.15) is 26.2 Å². The molecule has 4 nitrogen and oxygen atoms in total. The quantitative estimate of drug-likeness (QED) is 0.696. The number of rotatable bonds is 3. The predicted molar refractivity (Wildman–Crippen MR) is 53.2 cm³/mol. The second kappa shape index (κ2) is 5.86. The van der Waals surface area contributed by atoms with Crippen LogP contribution in [-0.2, 0) is 9.47 Å². The van der Waals surface area contributed by atoms with E-state index in [0.29, 0.717) is 6.61 Å². The lowest BCUT2D eigenvalue weighted by Gasteiger charge is -2.27. The fourth-order valence-electron chi connectivity index (χ4n) is 1.59. The van der Waals surface area contributed by atoms with E-state index in [4.69, 9.17) is 9.47 Å². The third kappa shape index (κ3) is 3.54. The monoisotopic (exact) mass is 201 g/mol. The minimum Gasteiger partial charge on any atom is -0.444 e. The van der Waals surface area contributed by atoms with E-state index in [1.54, 1.807) is 12.0 Å². The molecule has 0 saturated carbocycles. The zero-order valence-electron chi connectivity index (χ0n) is 8.99. The van der Waals surface area contributed by atoms with Crippen LogP contribution in [0.5, 0.6) is 0 Å². The normalized spacial score (nSPS) is 19.1. The first kappa shape index (κ1) is 11.3. The molecule has 1 rings (SSSR count). The van der Waals surface area contributed by atoms with Crippen molar-refractivity contribution in [1.82, 2.24) is 4.90 Å². The highest BCUT2D eigenvalue weighted by atomic mass is 16.6. The number of piperidine rings is 1. The van der Waals surface area contributed by atoms with Gasteiger partial charge < -0.3 is 14.4 Å². The number of carbonyl (C=O) groups excluding carboxylic acids is 1. The van der Waals surface area contributed by atoms with Gasteiger partial charge in [0.25, 0.3) is 0 Å². The van der Waals surface area contributed by atoms with E-state index in [1.165, 1.54) is 6.42 Å². The van der Waals surface area contributed by atoms with E-state index in [-0.39, 0.29) is 12.2 Å². The lowest BCUT2D eigenvalue weighted by atomic mass is 10.1. The van der Waals surface area contributed by atoms with Crippen molar-refractivity contribution in [1.29, 1.82) is 0 Å². The number of hydrogen-bond acceptors (Lipinski definition) is 3. The SMILES string of the molecule is COCC(C)OC(=O)N1CCCCC1. The molecular weight excluding hydrogens is 182 g/mol. The number of ether oxygens (including phenoxy) is 2. The van der Waals surface area contributed by atoms with Crippen molar-refractivity contribution < 1.29 is 14.3 Å². The van der Waals surface area contributed by atoms with Crippen molar-refractivity contribution in [2.24, 2.45) is 0 Å². The first-order valence-corrected chi connectivity index (χ1v) is 5.18. The number of hydrogen-bond donors (Lipinski definition) is 0. The average molecular weight is 201 g/mol. The van der Waals surface area contributed by atoms with Gasteiger partial charge in [-0.2, -0.15) is 0 Å². The van der Waals surface area contributed by atoms with Gasteiger partial charge in [0.15, 0.2) is 0 Å². The van der Waals surface area contributed by atoms with E-state index < -0.39 is 0 Å². The Hall–Kier alpha value is -0.770. The van der Waals surface area contributed by atoms with Crippen LogP contribution < -0.4 is 0 Å². The Balaban J connectivity index is 2.25. The first-order valence-electron chi connectivity index (χ1n) is 5.18. The Morgan fingerprint density at radius 2 is 2.00 bits per heavy atom. The van der Waals surface area contributed by atoms with Crippen LogP contribution in [0.2, 0.25) is 0 Å². The molecule has 0 aromatic rings. The summed E-state index contributed by atoms with van der Waals surface area (Å²) in [5.74, 6) is 0. The summed E-state index contributed by atoms with van der Waals surface area (Å²) in [4.78, 5) is 13.3. The number of nitrogens with zero attached hydrogens (tertiary/aromatic N) is 1. The molecule has 1 amide bonds. The molecule has 0 N–H and O–H groups in total. The van der Waals surface area contributed by atoms with Gasteiger partial charge in [-0.05, 0) is 26.2 Å². The van der Waals surface area contributed by atoms with Gasteiger partial charge in [0.2, 0.25) is 0 Å². The molecular formula is C10H19NO3. The molecule has 0 aromatic heterocycles. The Bertz CT molecular complexity index is 178. The minimum atomic E-state index is -0.200. The minimum absolute atomic E-state index is 0.158. The summed E-state index contributed by atoms with van der Waals surface area (Å²) in [6.07, 6.45) is 3.04. The fourth-order valence-corrected chi connectivity index (χ4v) is 1.59. The molecule has 1 atom stereocenters. The molecule has 0 bridgehead atoms. The van der Waals surface area contributed by atoms with Crippen molar-refractivity contribution in [3.8, 4) is 0 Å². The molecule has 4 heteroatoms. The van der Waals surface area contributed by atoms with Crippen LogP contribution in [-0.4, -0.2) is 43.9 Å². The van der Waals surface area contributed by atoms with Gasteiger partial charge >= 0.3 is 6.09 Å². The van der Waals surface area contributed by atoms with Crippen LogP contribution >= 0.6 is 0 Å². The van der Waals surface area contributed by atoms with E-state index in [9.17, 15) is 4.79 Å². The number of carbonyl (C=O) groups is 1. The fraction of sp³-hybridized carbons (Fsp3) is 0.900. The molecule has 82 valence electrons. The van der Waals surface area contributed by atoms with Crippen LogP contribution in [0.25, 0.3) is 0 Å². The summed E-state index contributed by atoms with van der Waals surface area (Å²) >= 11 is 0. The number of amides is 1. The Kier molecular flexibility index (Phi) is 4.73. The van der Waals surface area contributed by atoms with Crippen molar-refractivity contribution in [3.05, 3.63) is 0 Å². The smallest absolute Gasteiger partial charge is 0.410 e. The van der Waals surface area contributed by atoms with E-state index >= 15 is 0 Å². The maximum Gasteiger partial charge on any atom is 0.410 e. The van der Waals surface area contributed by atoms with Gasteiger partial charge in [0.05, 0.1) is 6.61 Å². The number of likely N-dealkylation sites (tertiary alicyclic amines) is 1. The highest BCUT2D eigenvalue weighted by Crippen LogP contribution is 2.10. The van der Waals surface area contributed by atoms with Crippen LogP contribution in [0.3, 0.4) is 0 Å². The van der Waals surface area contributed by atoms with Gasteiger partial charge in [-0.25, -0.2) is 4.79 Å². The van der Waals surface area contributed by atoms with Gasteiger partial charge in [-0.3, -0.25) is 0 Å². The molecule has 1 heterocycles. The van der Waals surface area contributed by atoms with Crippen molar-refractivity contribution in [2.75, 3.05) is 26.8 Å². The zero-order valence-corrected chi connectivity index (χ0v) is 8.99. The van der Waals surface area contributed by atoms with Crippen molar-refractivity contribution in [3.63, 3.8) is 0 Å². The summed E-state index contributed by atoms with van der Waals surface area (Å²) in [7, 11) is 1.60. The average Bonchev–Trinajstić information content (AvgIpc) is 2.19. The Morgan fingerprint density at radius 1 is 1.36 bits per heavy atom. The molecule has 1 fully saturated rings. The third-order valence-corrected chi connectivity index (χ3v) is 2.32. The molecule has 0 aromatic carbocycles. The Morgan fingerprint density at radius 3 is 2.57 bits per heavy atom. The second-order valence-corrected chi connectivity index (χ2v) is 3.70.